The van der Waals surface area contributed by atoms with Crippen LogP contribution in [0.15, 0.2) is 46.9 Å². The number of ether oxygens (including phenoxy) is 1. The summed E-state index contributed by atoms with van der Waals surface area (Å²) in [5.41, 5.74) is 4.78. The average Bonchev–Trinajstić information content (AvgIpc) is 3.05. The molecule has 3 aromatic rings. The van der Waals surface area contributed by atoms with Crippen molar-refractivity contribution in [1.29, 1.82) is 0 Å². The molecule has 0 atom stereocenters. The Hall–Kier alpha value is -2.92. The molecule has 0 N–H and O–H groups in total. The summed E-state index contributed by atoms with van der Waals surface area (Å²) in [6.45, 7) is 8.85. The number of benzene rings is 2. The summed E-state index contributed by atoms with van der Waals surface area (Å²) in [5, 5.41) is 1.77. The van der Waals surface area contributed by atoms with Crippen molar-refractivity contribution in [3.63, 3.8) is 0 Å². The van der Waals surface area contributed by atoms with Crippen molar-refractivity contribution in [2.24, 2.45) is 0 Å². The van der Waals surface area contributed by atoms with Crippen LogP contribution in [-0.2, 0) is 4.79 Å². The zero-order valence-corrected chi connectivity index (χ0v) is 19.1. The minimum absolute atomic E-state index is 0.0190. The van der Waals surface area contributed by atoms with Gasteiger partial charge in [0.1, 0.15) is 17.1 Å². The minimum Gasteiger partial charge on any atom is -0.496 e. The first kappa shape index (κ1) is 21.3. The number of allylic oxidation sites excluding steroid dienone is 1. The van der Waals surface area contributed by atoms with E-state index < -0.39 is 0 Å². The molecule has 1 fully saturated rings. The van der Waals surface area contributed by atoms with Crippen LogP contribution in [0.25, 0.3) is 16.5 Å². The number of carbonyl (C=O) groups excluding carboxylic acids is 1. The Balaban J connectivity index is 1.51. The number of amides is 1. The quantitative estimate of drug-likeness (QED) is 0.507. The summed E-state index contributed by atoms with van der Waals surface area (Å²) in [6.07, 6.45) is 1.71. The molecule has 0 unspecified atom stereocenters. The standard InChI is InChI=1S/C25H27ClN2O3/c1-16(21-14-22-17(2)18(3)31-24(22)15-23(21)30-4)12-25(29)28-10-8-27(9-11-28)20-7-5-6-19(26)13-20/h5-7,12-15H,8-11H2,1-4H3/b16-12+. The summed E-state index contributed by atoms with van der Waals surface area (Å²) in [7, 11) is 1.64. The SMILES string of the molecule is COc1cc2oc(C)c(C)c2cc1/C(C)=C/C(=O)N1CCN(c2cccc(Cl)c2)CC1. The molecule has 2 heterocycles. The van der Waals surface area contributed by atoms with Crippen LogP contribution in [-0.4, -0.2) is 44.1 Å². The number of aryl methyl sites for hydroxylation is 2. The molecule has 5 nitrogen and oxygen atoms in total. The lowest BCUT2D eigenvalue weighted by Gasteiger charge is -2.35. The Morgan fingerprint density at radius 3 is 2.55 bits per heavy atom. The van der Waals surface area contributed by atoms with E-state index in [4.69, 9.17) is 20.8 Å². The molecule has 0 aliphatic carbocycles. The van der Waals surface area contributed by atoms with E-state index in [-0.39, 0.29) is 5.91 Å². The van der Waals surface area contributed by atoms with Crippen molar-refractivity contribution in [1.82, 2.24) is 4.90 Å². The van der Waals surface area contributed by atoms with Crippen molar-refractivity contribution in [2.75, 3.05) is 38.2 Å². The largest absolute Gasteiger partial charge is 0.496 e. The van der Waals surface area contributed by atoms with E-state index in [2.05, 4.69) is 17.0 Å². The Morgan fingerprint density at radius 1 is 1.13 bits per heavy atom. The van der Waals surface area contributed by atoms with Crippen LogP contribution >= 0.6 is 11.6 Å². The summed E-state index contributed by atoms with van der Waals surface area (Å²) in [6, 6.07) is 11.8. The number of furan rings is 1. The summed E-state index contributed by atoms with van der Waals surface area (Å²) in [5.74, 6) is 1.61. The monoisotopic (exact) mass is 438 g/mol. The molecule has 1 amide bonds. The first-order chi connectivity index (χ1) is 14.9. The Labute approximate surface area is 187 Å². The number of carbonyl (C=O) groups is 1. The fourth-order valence-corrected chi connectivity index (χ4v) is 4.24. The molecule has 1 aliphatic heterocycles. The van der Waals surface area contributed by atoms with Gasteiger partial charge in [0.2, 0.25) is 5.91 Å². The second-order valence-corrected chi connectivity index (χ2v) is 8.39. The first-order valence-corrected chi connectivity index (χ1v) is 10.8. The predicted octanol–water partition coefficient (Wildman–Crippen LogP) is 5.46. The highest BCUT2D eigenvalue weighted by molar-refractivity contribution is 6.30. The van der Waals surface area contributed by atoms with Gasteiger partial charge in [-0.25, -0.2) is 0 Å². The molecule has 6 heteroatoms. The molecular weight excluding hydrogens is 412 g/mol. The highest BCUT2D eigenvalue weighted by Gasteiger charge is 2.21. The predicted molar refractivity (Wildman–Crippen MR) is 126 cm³/mol. The van der Waals surface area contributed by atoms with Crippen LogP contribution in [0, 0.1) is 13.8 Å². The van der Waals surface area contributed by atoms with Crippen molar-refractivity contribution in [3.8, 4) is 5.75 Å². The fourth-order valence-electron chi connectivity index (χ4n) is 4.06. The number of methoxy groups -OCH3 is 1. The Kier molecular flexibility index (Phi) is 5.96. The number of fused-ring (bicyclic) bond motifs is 1. The van der Waals surface area contributed by atoms with E-state index in [0.717, 1.165) is 57.2 Å². The maximum absolute atomic E-state index is 13.0. The van der Waals surface area contributed by atoms with Gasteiger partial charge in [-0.15, -0.1) is 0 Å². The van der Waals surface area contributed by atoms with Crippen LogP contribution in [0.3, 0.4) is 0 Å². The topological polar surface area (TPSA) is 45.9 Å². The second kappa shape index (κ2) is 8.67. The third-order valence-corrected chi connectivity index (χ3v) is 6.26. The summed E-state index contributed by atoms with van der Waals surface area (Å²) < 4.78 is 11.4. The third-order valence-electron chi connectivity index (χ3n) is 6.03. The number of piperazine rings is 1. The maximum Gasteiger partial charge on any atom is 0.246 e. The highest BCUT2D eigenvalue weighted by Crippen LogP contribution is 2.35. The lowest BCUT2D eigenvalue weighted by atomic mass is 10.0. The van der Waals surface area contributed by atoms with Crippen LogP contribution in [0.2, 0.25) is 5.02 Å². The van der Waals surface area contributed by atoms with Crippen LogP contribution in [0.1, 0.15) is 23.8 Å². The normalized spacial score (nSPS) is 14.9. The lowest BCUT2D eigenvalue weighted by Crippen LogP contribution is -2.48. The van der Waals surface area contributed by atoms with Gasteiger partial charge in [0.15, 0.2) is 0 Å². The fraction of sp³-hybridized carbons (Fsp3) is 0.320. The van der Waals surface area contributed by atoms with E-state index in [1.807, 2.05) is 49.9 Å². The van der Waals surface area contributed by atoms with E-state index in [1.54, 1.807) is 13.2 Å². The van der Waals surface area contributed by atoms with E-state index in [9.17, 15) is 4.79 Å². The van der Waals surface area contributed by atoms with Crippen LogP contribution in [0.5, 0.6) is 5.75 Å². The molecule has 0 radical (unpaired) electrons. The minimum atomic E-state index is 0.0190. The van der Waals surface area contributed by atoms with Gasteiger partial charge in [-0.3, -0.25) is 4.79 Å². The number of hydrogen-bond donors (Lipinski definition) is 0. The Bertz CT molecular complexity index is 1160. The van der Waals surface area contributed by atoms with Gasteiger partial charge in [-0.05, 0) is 56.2 Å². The molecular formula is C25H27ClN2O3. The lowest BCUT2D eigenvalue weighted by molar-refractivity contribution is -0.126. The second-order valence-electron chi connectivity index (χ2n) is 7.95. The molecule has 1 saturated heterocycles. The zero-order valence-electron chi connectivity index (χ0n) is 18.4. The summed E-state index contributed by atoms with van der Waals surface area (Å²) in [4.78, 5) is 17.1. The van der Waals surface area contributed by atoms with Gasteiger partial charge in [0, 0.05) is 60.0 Å². The molecule has 4 rings (SSSR count). The van der Waals surface area contributed by atoms with Crippen molar-refractivity contribution >= 4 is 39.7 Å². The van der Waals surface area contributed by atoms with Crippen molar-refractivity contribution in [2.45, 2.75) is 20.8 Å². The Morgan fingerprint density at radius 2 is 1.87 bits per heavy atom. The van der Waals surface area contributed by atoms with Crippen molar-refractivity contribution in [3.05, 3.63) is 64.4 Å². The number of anilines is 1. The molecule has 2 aromatic carbocycles. The number of hydrogen-bond acceptors (Lipinski definition) is 4. The van der Waals surface area contributed by atoms with Crippen molar-refractivity contribution < 1.29 is 13.9 Å². The molecule has 1 aliphatic rings. The van der Waals surface area contributed by atoms with Gasteiger partial charge in [0.05, 0.1) is 7.11 Å². The number of nitrogens with zero attached hydrogens (tertiary/aromatic N) is 2. The average molecular weight is 439 g/mol. The molecule has 0 bridgehead atoms. The van der Waals surface area contributed by atoms with Gasteiger partial charge in [-0.2, -0.15) is 0 Å². The molecule has 1 aromatic heterocycles. The van der Waals surface area contributed by atoms with E-state index in [1.165, 1.54) is 0 Å². The van der Waals surface area contributed by atoms with E-state index in [0.29, 0.717) is 18.8 Å². The zero-order chi connectivity index (χ0) is 22.1. The summed E-state index contributed by atoms with van der Waals surface area (Å²) >= 11 is 6.12. The molecule has 162 valence electrons. The smallest absolute Gasteiger partial charge is 0.246 e. The number of halogens is 1. The highest BCUT2D eigenvalue weighted by atomic mass is 35.5. The molecule has 0 saturated carbocycles. The number of rotatable bonds is 4. The first-order valence-electron chi connectivity index (χ1n) is 10.4. The van der Waals surface area contributed by atoms with Gasteiger partial charge >= 0.3 is 0 Å². The van der Waals surface area contributed by atoms with Gasteiger partial charge in [0.25, 0.3) is 0 Å². The van der Waals surface area contributed by atoms with Gasteiger partial charge in [-0.1, -0.05) is 17.7 Å². The molecule has 0 spiro atoms. The third kappa shape index (κ3) is 4.28. The molecule has 31 heavy (non-hydrogen) atoms. The van der Waals surface area contributed by atoms with Crippen LogP contribution in [0.4, 0.5) is 5.69 Å². The van der Waals surface area contributed by atoms with E-state index >= 15 is 0 Å². The maximum atomic E-state index is 13.0. The van der Waals surface area contributed by atoms with Gasteiger partial charge < -0.3 is 19.0 Å². The van der Waals surface area contributed by atoms with Crippen LogP contribution < -0.4 is 9.64 Å².